The summed E-state index contributed by atoms with van der Waals surface area (Å²) >= 11 is 1.70. The molecule has 234 valence electrons. The van der Waals surface area contributed by atoms with Crippen molar-refractivity contribution < 1.29 is 25.8 Å². The van der Waals surface area contributed by atoms with Gasteiger partial charge in [-0.3, -0.25) is 0 Å². The normalized spacial score (nSPS) is 10.7. The Labute approximate surface area is 285 Å². The molecule has 0 N–H and O–H groups in total. The van der Waals surface area contributed by atoms with Crippen molar-refractivity contribution in [3.63, 3.8) is 0 Å². The van der Waals surface area contributed by atoms with Crippen LogP contribution in [0.1, 0.15) is 79.8 Å². The third-order valence-electron chi connectivity index (χ3n) is 6.13. The van der Waals surface area contributed by atoms with E-state index in [1.807, 2.05) is 0 Å². The Kier molecular flexibility index (Phi) is 22.1. The molecule has 43 heavy (non-hydrogen) atoms. The van der Waals surface area contributed by atoms with Crippen molar-refractivity contribution in [2.75, 3.05) is 42.3 Å². The number of thiazole rings is 1. The fourth-order valence-electron chi connectivity index (χ4n) is 4.15. The van der Waals surface area contributed by atoms with E-state index in [4.69, 9.17) is 10.3 Å². The van der Waals surface area contributed by atoms with Crippen molar-refractivity contribution in [1.82, 2.24) is 4.98 Å². The van der Waals surface area contributed by atoms with E-state index in [0.29, 0.717) is 11.8 Å². The topological polar surface area (TPSA) is 69.3 Å². The van der Waals surface area contributed by atoms with Gasteiger partial charge in [0.2, 0.25) is 0 Å². The van der Waals surface area contributed by atoms with Gasteiger partial charge in [0, 0.05) is 36.8 Å². The number of benzene rings is 3. The average Bonchev–Trinajstić information content (AvgIpc) is 3.47. The van der Waals surface area contributed by atoms with Crippen LogP contribution in [0.15, 0.2) is 78.2 Å². The molecule has 4 rings (SSSR count). The summed E-state index contributed by atoms with van der Waals surface area (Å²) in [6.45, 7) is 11.2. The van der Waals surface area contributed by atoms with Crippen molar-refractivity contribution in [3.8, 4) is 11.3 Å². The Morgan fingerprint density at radius 1 is 0.674 bits per heavy atom. The predicted molar refractivity (Wildman–Crippen MR) is 188 cm³/mol. The Balaban J connectivity index is 0.00000157. The zero-order chi connectivity index (χ0) is 31.5. The largest absolute Gasteiger partial charge is 0.672 e. The van der Waals surface area contributed by atoms with E-state index in [1.54, 1.807) is 53.6 Å². The van der Waals surface area contributed by atoms with Crippen molar-refractivity contribution >= 4 is 17.0 Å². The van der Waals surface area contributed by atoms with Crippen LogP contribution < -0.4 is 0 Å². The summed E-state index contributed by atoms with van der Waals surface area (Å²) in [4.78, 5) is 5.08. The molecule has 4 aromatic rings. The molecule has 0 fully saturated rings. The van der Waals surface area contributed by atoms with Gasteiger partial charge in [-0.25, -0.2) is 4.98 Å². The van der Waals surface area contributed by atoms with Crippen LogP contribution in [0.3, 0.4) is 0 Å². The number of hydrogen-bond donors (Lipinski definition) is 0. The van der Waals surface area contributed by atoms with E-state index < -0.39 is 0 Å². The molecule has 1 heterocycles. The maximum atomic E-state index is 5.42. The van der Waals surface area contributed by atoms with E-state index in [0.717, 1.165) is 28.4 Å². The third-order valence-corrected chi connectivity index (χ3v) is 7.03. The molecule has 0 amide bonds. The van der Waals surface area contributed by atoms with Gasteiger partial charge in [0.05, 0.1) is 10.7 Å². The summed E-state index contributed by atoms with van der Waals surface area (Å²) in [6, 6.07) is 25.8. The molecule has 0 aliphatic heterocycles. The molecule has 0 aliphatic carbocycles. The van der Waals surface area contributed by atoms with Crippen molar-refractivity contribution in [1.29, 1.82) is 0 Å². The van der Waals surface area contributed by atoms with E-state index in [1.165, 1.54) is 22.3 Å². The first-order valence-corrected chi connectivity index (χ1v) is 15.5. The van der Waals surface area contributed by atoms with E-state index >= 15 is 0 Å². The Morgan fingerprint density at radius 2 is 1.16 bits per heavy atom. The maximum Gasteiger partial charge on any atom is 0.0831 e. The molecular formula is C36H51HfN5S-4. The predicted octanol–water partition coefficient (Wildman–Crippen LogP) is 11.3. The number of aryl methyl sites for hydroxylation is 1. The number of nitrogens with zero attached hydrogens (tertiary/aromatic N) is 5. The van der Waals surface area contributed by atoms with Gasteiger partial charge in [0.1, 0.15) is 0 Å². The standard InChI is InChI=1S/C30H33N2S.3C2H6N.Hf/c1-6-22-15-17-23(18-16-22)27-19-33-30(31-27)28(24-11-8-7-9-12-24)32-29-25(20(2)3)13-10-14-26(29)21(4)5;3*1-3-2;/h7-21,28H,6H2,1-5H3;3*1-2H3;/q4*-1;. The van der Waals surface area contributed by atoms with Gasteiger partial charge >= 0.3 is 0 Å². The second kappa shape index (κ2) is 23.3. The van der Waals surface area contributed by atoms with Gasteiger partial charge in [-0.1, -0.05) is 124 Å². The van der Waals surface area contributed by atoms with Crippen LogP contribution in [-0.4, -0.2) is 47.3 Å². The first kappa shape index (κ1) is 40.8. The monoisotopic (exact) mass is 765 g/mol. The second-order valence-electron chi connectivity index (χ2n) is 10.5. The summed E-state index contributed by atoms with van der Waals surface area (Å²) < 4.78 is 0. The summed E-state index contributed by atoms with van der Waals surface area (Å²) in [5.41, 5.74) is 8.43. The third kappa shape index (κ3) is 13.6. The SMILES string of the molecule is CCc1ccc(-c2csc(C([N-]c3c(C(C)C)cccc3C(C)C)c3ccccc3)n2)cc1.C[N-]C.C[N-]C.C[N-]C.[Hf]. The minimum absolute atomic E-state index is 0. The fraction of sp³-hybridized carbons (Fsp3) is 0.417. The molecule has 0 saturated carbocycles. The molecule has 1 unspecified atom stereocenters. The summed E-state index contributed by atoms with van der Waals surface area (Å²) in [7, 11) is 10.5. The number of para-hydroxylation sites is 1. The van der Waals surface area contributed by atoms with Crippen LogP contribution in [0, 0.1) is 0 Å². The van der Waals surface area contributed by atoms with Gasteiger partial charge in [0.15, 0.2) is 0 Å². The molecule has 0 spiro atoms. The number of hydrogen-bond acceptors (Lipinski definition) is 2. The Morgan fingerprint density at radius 3 is 1.60 bits per heavy atom. The van der Waals surface area contributed by atoms with Crippen LogP contribution in [0.4, 0.5) is 5.69 Å². The minimum Gasteiger partial charge on any atom is -0.672 e. The van der Waals surface area contributed by atoms with Crippen LogP contribution >= 0.6 is 11.3 Å². The molecule has 0 radical (unpaired) electrons. The first-order valence-electron chi connectivity index (χ1n) is 14.6. The summed E-state index contributed by atoms with van der Waals surface area (Å²) in [5, 5.41) is 19.1. The molecule has 5 nitrogen and oxygen atoms in total. The van der Waals surface area contributed by atoms with E-state index in [9.17, 15) is 0 Å². The Bertz CT molecular complexity index is 1210. The molecule has 0 aliphatic rings. The van der Waals surface area contributed by atoms with Crippen molar-refractivity contribution in [2.24, 2.45) is 0 Å². The molecular weight excluding hydrogens is 713 g/mol. The summed E-state index contributed by atoms with van der Waals surface area (Å²) in [6.07, 6.45) is 1.05. The molecule has 1 atom stereocenters. The van der Waals surface area contributed by atoms with Gasteiger partial charge in [-0.15, -0.1) is 17.0 Å². The maximum absolute atomic E-state index is 5.42. The minimum atomic E-state index is -0.128. The fourth-order valence-corrected chi connectivity index (χ4v) is 5.04. The van der Waals surface area contributed by atoms with Crippen molar-refractivity contribution in [2.45, 2.75) is 58.9 Å². The van der Waals surface area contributed by atoms with Crippen molar-refractivity contribution in [3.05, 3.63) is 127 Å². The smallest absolute Gasteiger partial charge is 0.0831 e. The number of aromatic nitrogens is 1. The molecule has 1 aromatic heterocycles. The number of rotatable bonds is 8. The molecule has 0 saturated heterocycles. The zero-order valence-corrected chi connectivity index (χ0v) is 32.5. The van der Waals surface area contributed by atoms with Crippen LogP contribution in [0.5, 0.6) is 0 Å². The van der Waals surface area contributed by atoms with E-state index in [-0.39, 0.29) is 31.9 Å². The van der Waals surface area contributed by atoms with Crippen LogP contribution in [-0.2, 0) is 32.3 Å². The van der Waals surface area contributed by atoms with Gasteiger partial charge in [0.25, 0.3) is 0 Å². The quantitative estimate of drug-likeness (QED) is 0.165. The van der Waals surface area contributed by atoms with Gasteiger partial charge < -0.3 is 21.3 Å². The Hall–Kier alpha value is -2.16. The first-order chi connectivity index (χ1) is 20.2. The second-order valence-corrected chi connectivity index (χ2v) is 11.4. The molecule has 0 bridgehead atoms. The van der Waals surface area contributed by atoms with E-state index in [2.05, 4.69) is 129 Å². The van der Waals surface area contributed by atoms with Crippen LogP contribution in [0.2, 0.25) is 0 Å². The molecule has 3 aromatic carbocycles. The zero-order valence-electron chi connectivity index (χ0n) is 28.1. The average molecular weight is 764 g/mol. The van der Waals surface area contributed by atoms with Gasteiger partial charge in [-0.05, 0) is 29.9 Å². The molecule has 7 heteroatoms. The summed E-state index contributed by atoms with van der Waals surface area (Å²) in [5.74, 6) is 0.811. The van der Waals surface area contributed by atoms with Crippen LogP contribution in [0.25, 0.3) is 32.5 Å². The van der Waals surface area contributed by atoms with Gasteiger partial charge in [-0.2, -0.15) is 42.3 Å².